The quantitative estimate of drug-likeness (QED) is 0.697. The van der Waals surface area contributed by atoms with Gasteiger partial charge in [-0.3, -0.25) is 0 Å². The van der Waals surface area contributed by atoms with Crippen molar-refractivity contribution in [1.82, 2.24) is 9.80 Å². The Morgan fingerprint density at radius 2 is 2.14 bits per heavy atom. The summed E-state index contributed by atoms with van der Waals surface area (Å²) in [5, 5.41) is 0. The third kappa shape index (κ3) is 2.50. The molecule has 78 valence electrons. The first-order valence-corrected chi connectivity index (χ1v) is 6.11. The van der Waals surface area contributed by atoms with Gasteiger partial charge in [0, 0.05) is 0 Å². The molecule has 1 rings (SSSR count). The second kappa shape index (κ2) is 4.83. The summed E-state index contributed by atoms with van der Waals surface area (Å²) in [5.41, 5.74) is 0. The van der Waals surface area contributed by atoms with E-state index in [4.69, 9.17) is 0 Å². The summed E-state index contributed by atoms with van der Waals surface area (Å²) in [4.78, 5) is 26.1. The van der Waals surface area contributed by atoms with Crippen molar-refractivity contribution < 1.29 is 28.9 Å². The molecule has 1 fully saturated rings. The van der Waals surface area contributed by atoms with E-state index in [1.165, 1.54) is 26.3 Å². The molecule has 5 heteroatoms. The van der Waals surface area contributed by atoms with Gasteiger partial charge in [-0.05, 0) is 0 Å². The zero-order valence-electron chi connectivity index (χ0n) is 8.45. The molecular formula is C9H14N2O2W. The van der Waals surface area contributed by atoms with Gasteiger partial charge in [0.25, 0.3) is 0 Å². The Balaban J connectivity index is 2.61. The Hall–Kier alpha value is -0.502. The summed E-state index contributed by atoms with van der Waals surface area (Å²) in [6.07, 6.45) is 1.43. The standard InChI is InChI=1S/C9H14N2O2.W/c1-3-4-9(13)11-6-5-10(7-11)8(2)12;/h3-5,7H2,1-2H3;. The van der Waals surface area contributed by atoms with Crippen molar-refractivity contribution in [2.45, 2.75) is 26.7 Å². The fraction of sp³-hybridized carbons (Fsp3) is 0.667. The van der Waals surface area contributed by atoms with Crippen LogP contribution in [0.15, 0.2) is 0 Å². The van der Waals surface area contributed by atoms with E-state index < -0.39 is 0 Å². The number of nitrogens with zero attached hydrogens (tertiary/aromatic N) is 2. The molecule has 1 heterocycles. The predicted octanol–water partition coefficient (Wildman–Crippen LogP) is 0.111. The predicted molar refractivity (Wildman–Crippen MR) is 49.0 cm³/mol. The molecule has 1 aliphatic heterocycles. The molecule has 0 saturated carbocycles. The van der Waals surface area contributed by atoms with Gasteiger partial charge in [0.2, 0.25) is 0 Å². The van der Waals surface area contributed by atoms with Gasteiger partial charge in [-0.25, -0.2) is 0 Å². The summed E-state index contributed by atoms with van der Waals surface area (Å²) < 4.78 is 1.05. The van der Waals surface area contributed by atoms with Gasteiger partial charge in [-0.15, -0.1) is 0 Å². The van der Waals surface area contributed by atoms with Gasteiger partial charge in [0.1, 0.15) is 0 Å². The van der Waals surface area contributed by atoms with Crippen molar-refractivity contribution in [1.29, 1.82) is 0 Å². The van der Waals surface area contributed by atoms with E-state index in [0.717, 1.165) is 10.4 Å². The van der Waals surface area contributed by atoms with Gasteiger partial charge in [0.05, 0.1) is 0 Å². The third-order valence-corrected chi connectivity index (χ3v) is 3.41. The molecule has 0 bridgehead atoms. The minimum absolute atomic E-state index is 0.0375. The van der Waals surface area contributed by atoms with Crippen LogP contribution in [0.5, 0.6) is 0 Å². The molecule has 0 spiro atoms. The zero-order valence-corrected chi connectivity index (χ0v) is 11.4. The van der Waals surface area contributed by atoms with Crippen molar-refractivity contribution in [3.05, 3.63) is 0 Å². The Bertz CT molecular complexity index is 278. The van der Waals surface area contributed by atoms with Gasteiger partial charge in [0.15, 0.2) is 0 Å². The minimum atomic E-state index is 0.0375. The van der Waals surface area contributed by atoms with Crippen LogP contribution in [-0.4, -0.2) is 38.8 Å². The zero-order chi connectivity index (χ0) is 10.7. The molecule has 1 aliphatic rings. The van der Waals surface area contributed by atoms with Crippen LogP contribution in [0.25, 0.3) is 0 Å². The SMILES string of the molecule is CCCC(=O)N1CN(C(C)=O)C[C]1=[W]. The van der Waals surface area contributed by atoms with Crippen LogP contribution >= 0.6 is 0 Å². The first kappa shape index (κ1) is 11.6. The Kier molecular flexibility index (Phi) is 3.99. The van der Waals surface area contributed by atoms with Crippen LogP contribution in [0.3, 0.4) is 0 Å². The topological polar surface area (TPSA) is 40.6 Å². The summed E-state index contributed by atoms with van der Waals surface area (Å²) in [7, 11) is 0. The number of hydrogen-bond donors (Lipinski definition) is 0. The molecule has 4 nitrogen and oxygen atoms in total. The van der Waals surface area contributed by atoms with Crippen molar-refractivity contribution in [3.63, 3.8) is 0 Å². The monoisotopic (exact) mass is 366 g/mol. The van der Waals surface area contributed by atoms with Crippen molar-refractivity contribution in [2.75, 3.05) is 13.2 Å². The summed E-state index contributed by atoms with van der Waals surface area (Å²) in [6, 6.07) is 0. The van der Waals surface area contributed by atoms with Crippen LogP contribution in [0, 0.1) is 0 Å². The first-order chi connectivity index (χ1) is 6.56. The molecule has 0 radical (unpaired) electrons. The van der Waals surface area contributed by atoms with Crippen molar-refractivity contribution in [3.8, 4) is 0 Å². The third-order valence-electron chi connectivity index (χ3n) is 2.15. The molecule has 0 atom stereocenters. The number of carbonyl (C=O) groups excluding carboxylic acids is 2. The van der Waals surface area contributed by atoms with E-state index in [-0.39, 0.29) is 11.8 Å². The van der Waals surface area contributed by atoms with E-state index in [1.807, 2.05) is 6.92 Å². The average Bonchev–Trinajstić information content (AvgIpc) is 2.48. The maximum absolute atomic E-state index is 11.6. The number of rotatable bonds is 2. The van der Waals surface area contributed by atoms with Crippen LogP contribution in [0.1, 0.15) is 26.7 Å². The van der Waals surface area contributed by atoms with Crippen molar-refractivity contribution >= 4 is 15.8 Å². The van der Waals surface area contributed by atoms with E-state index in [1.54, 1.807) is 9.80 Å². The Labute approximate surface area is 94.6 Å². The van der Waals surface area contributed by atoms with E-state index in [2.05, 4.69) is 0 Å². The summed E-state index contributed by atoms with van der Waals surface area (Å²) >= 11 is 1.27. The molecule has 0 N–H and O–H groups in total. The van der Waals surface area contributed by atoms with Crippen molar-refractivity contribution in [2.24, 2.45) is 0 Å². The maximum atomic E-state index is 11.6. The Morgan fingerprint density at radius 3 is 2.57 bits per heavy atom. The average molecular weight is 366 g/mol. The molecular weight excluding hydrogens is 352 g/mol. The van der Waals surface area contributed by atoms with Gasteiger partial charge < -0.3 is 0 Å². The molecule has 2 amide bonds. The van der Waals surface area contributed by atoms with Gasteiger partial charge in [-0.2, -0.15) is 0 Å². The van der Waals surface area contributed by atoms with E-state index in [0.29, 0.717) is 19.6 Å². The van der Waals surface area contributed by atoms with E-state index in [9.17, 15) is 9.59 Å². The molecule has 0 aliphatic carbocycles. The second-order valence-corrected chi connectivity index (χ2v) is 5.02. The number of amides is 2. The molecule has 0 aromatic heterocycles. The van der Waals surface area contributed by atoms with E-state index >= 15 is 0 Å². The van der Waals surface area contributed by atoms with Crippen LogP contribution < -0.4 is 0 Å². The first-order valence-electron chi connectivity index (χ1n) is 4.65. The fourth-order valence-corrected chi connectivity index (χ4v) is 2.46. The fourth-order valence-electron chi connectivity index (χ4n) is 1.33. The second-order valence-electron chi connectivity index (χ2n) is 3.32. The van der Waals surface area contributed by atoms with Crippen LogP contribution in [0.4, 0.5) is 0 Å². The van der Waals surface area contributed by atoms with Crippen LogP contribution in [-0.2, 0) is 28.9 Å². The molecule has 0 aromatic rings. The molecule has 14 heavy (non-hydrogen) atoms. The normalized spacial score (nSPS) is 16.3. The molecule has 1 saturated heterocycles. The number of hydrogen-bond acceptors (Lipinski definition) is 2. The summed E-state index contributed by atoms with van der Waals surface area (Å²) in [6.45, 7) is 4.60. The Morgan fingerprint density at radius 1 is 1.50 bits per heavy atom. The van der Waals surface area contributed by atoms with Gasteiger partial charge in [-0.1, -0.05) is 0 Å². The van der Waals surface area contributed by atoms with Gasteiger partial charge >= 0.3 is 94.5 Å². The summed E-state index contributed by atoms with van der Waals surface area (Å²) in [5.74, 6) is 0.178. The molecule has 0 aromatic carbocycles. The molecule has 0 unspecified atom stereocenters. The van der Waals surface area contributed by atoms with Crippen LogP contribution in [0.2, 0.25) is 0 Å². The number of carbonyl (C=O) groups is 2.